The van der Waals surface area contributed by atoms with Crippen LogP contribution in [0.5, 0.6) is 0 Å². The Morgan fingerprint density at radius 1 is 1.50 bits per heavy atom. The molecule has 5 N–H and O–H groups in total. The lowest BCUT2D eigenvalue weighted by molar-refractivity contribution is -0.137. The van der Waals surface area contributed by atoms with Gasteiger partial charge in [0.25, 0.3) is 6.02 Å². The minimum absolute atomic E-state index is 0.297. The molecule has 0 saturated heterocycles. The van der Waals surface area contributed by atoms with E-state index < -0.39 is 18.0 Å². The van der Waals surface area contributed by atoms with Crippen molar-refractivity contribution >= 4 is 24.6 Å². The standard InChI is InChI=1S/C10H13N3O2S/c11-7(9(14)15-10(12)13)5-6-3-1-2-4-8(6)16/h1-4,7,16H,5,11H2,(H3,12,13). The maximum atomic E-state index is 11.3. The number of rotatable bonds is 3. The predicted octanol–water partition coefficient (Wildman–Crippen LogP) is 0.282. The van der Waals surface area contributed by atoms with E-state index in [1.807, 2.05) is 24.3 Å². The maximum Gasteiger partial charge on any atom is 0.331 e. The molecule has 86 valence electrons. The lowest BCUT2D eigenvalue weighted by Gasteiger charge is -2.11. The van der Waals surface area contributed by atoms with Crippen LogP contribution in [0.4, 0.5) is 0 Å². The van der Waals surface area contributed by atoms with Gasteiger partial charge in [0, 0.05) is 4.90 Å². The lowest BCUT2D eigenvalue weighted by atomic mass is 10.1. The van der Waals surface area contributed by atoms with Crippen LogP contribution in [0.25, 0.3) is 0 Å². The molecule has 0 bridgehead atoms. The zero-order valence-corrected chi connectivity index (χ0v) is 9.41. The van der Waals surface area contributed by atoms with Crippen LogP contribution in [0.1, 0.15) is 5.56 Å². The monoisotopic (exact) mass is 239 g/mol. The van der Waals surface area contributed by atoms with Gasteiger partial charge in [-0.3, -0.25) is 5.41 Å². The molecule has 5 nitrogen and oxygen atoms in total. The third-order valence-corrected chi connectivity index (χ3v) is 2.38. The van der Waals surface area contributed by atoms with Crippen molar-refractivity contribution in [2.45, 2.75) is 17.4 Å². The molecule has 1 aromatic carbocycles. The van der Waals surface area contributed by atoms with E-state index in [1.165, 1.54) is 0 Å². The topological polar surface area (TPSA) is 102 Å². The Morgan fingerprint density at radius 3 is 2.69 bits per heavy atom. The molecule has 1 rings (SSSR count). The Morgan fingerprint density at radius 2 is 2.12 bits per heavy atom. The molecule has 0 aliphatic heterocycles. The van der Waals surface area contributed by atoms with Crippen LogP contribution in [0.15, 0.2) is 29.2 Å². The Hall–Kier alpha value is -1.53. The number of carbonyl (C=O) groups excluding carboxylic acids is 1. The van der Waals surface area contributed by atoms with Crippen molar-refractivity contribution in [1.29, 1.82) is 5.41 Å². The zero-order valence-electron chi connectivity index (χ0n) is 8.51. The van der Waals surface area contributed by atoms with Gasteiger partial charge in [-0.15, -0.1) is 12.6 Å². The van der Waals surface area contributed by atoms with Crippen LogP contribution < -0.4 is 11.5 Å². The van der Waals surface area contributed by atoms with Gasteiger partial charge in [-0.2, -0.15) is 0 Å². The first-order chi connectivity index (χ1) is 7.50. The first-order valence-corrected chi connectivity index (χ1v) is 5.03. The van der Waals surface area contributed by atoms with Gasteiger partial charge in [0.05, 0.1) is 0 Å². The third-order valence-electron chi connectivity index (χ3n) is 1.94. The van der Waals surface area contributed by atoms with Gasteiger partial charge in [-0.25, -0.2) is 4.79 Å². The second-order valence-electron chi connectivity index (χ2n) is 3.22. The molecule has 0 spiro atoms. The van der Waals surface area contributed by atoms with Crippen molar-refractivity contribution in [3.05, 3.63) is 29.8 Å². The highest BCUT2D eigenvalue weighted by atomic mass is 32.1. The van der Waals surface area contributed by atoms with Crippen molar-refractivity contribution in [3.8, 4) is 0 Å². The van der Waals surface area contributed by atoms with Crippen LogP contribution in [0.3, 0.4) is 0 Å². The molecule has 0 aromatic heterocycles. The average Bonchev–Trinajstić information content (AvgIpc) is 2.20. The number of hydrogen-bond donors (Lipinski definition) is 4. The lowest BCUT2D eigenvalue weighted by Crippen LogP contribution is -2.37. The van der Waals surface area contributed by atoms with E-state index in [0.29, 0.717) is 6.42 Å². The number of amidine groups is 1. The molecule has 0 heterocycles. The number of hydrogen-bond acceptors (Lipinski definition) is 5. The van der Waals surface area contributed by atoms with Crippen molar-refractivity contribution in [3.63, 3.8) is 0 Å². The Bertz CT molecular complexity index is 409. The number of carbonyl (C=O) groups is 1. The number of esters is 1. The normalized spacial score (nSPS) is 11.9. The molecule has 0 saturated carbocycles. The van der Waals surface area contributed by atoms with Crippen molar-refractivity contribution in [1.82, 2.24) is 0 Å². The van der Waals surface area contributed by atoms with E-state index in [4.69, 9.17) is 16.9 Å². The predicted molar refractivity (Wildman–Crippen MR) is 63.4 cm³/mol. The first-order valence-electron chi connectivity index (χ1n) is 4.59. The summed E-state index contributed by atoms with van der Waals surface area (Å²) in [4.78, 5) is 12.0. The molecule has 1 unspecified atom stereocenters. The molecule has 0 amide bonds. The number of ether oxygens (including phenoxy) is 1. The van der Waals surface area contributed by atoms with Gasteiger partial charge in [-0.1, -0.05) is 18.2 Å². The van der Waals surface area contributed by atoms with Gasteiger partial charge in [0.15, 0.2) is 0 Å². The third kappa shape index (κ3) is 3.56. The molecule has 0 radical (unpaired) electrons. The van der Waals surface area contributed by atoms with Gasteiger partial charge < -0.3 is 16.2 Å². The molecule has 1 aromatic rings. The molecule has 0 aliphatic rings. The second kappa shape index (κ2) is 5.53. The minimum Gasteiger partial charge on any atom is -0.392 e. The fourth-order valence-corrected chi connectivity index (χ4v) is 1.44. The van der Waals surface area contributed by atoms with E-state index in [-0.39, 0.29) is 0 Å². The SMILES string of the molecule is N=C(N)OC(=O)C(N)Cc1ccccc1S. The van der Waals surface area contributed by atoms with Gasteiger partial charge >= 0.3 is 5.97 Å². The summed E-state index contributed by atoms with van der Waals surface area (Å²) in [5.74, 6) is -0.718. The molecule has 0 aliphatic carbocycles. The highest BCUT2D eigenvalue weighted by Crippen LogP contribution is 2.14. The first kappa shape index (κ1) is 12.5. The average molecular weight is 239 g/mol. The highest BCUT2D eigenvalue weighted by Gasteiger charge is 2.17. The van der Waals surface area contributed by atoms with Crippen LogP contribution in [-0.2, 0) is 16.0 Å². The van der Waals surface area contributed by atoms with E-state index in [0.717, 1.165) is 10.5 Å². The smallest absolute Gasteiger partial charge is 0.331 e. The summed E-state index contributed by atoms with van der Waals surface area (Å²) in [6, 6.07) is 5.80. The van der Waals surface area contributed by atoms with Crippen molar-refractivity contribution in [2.24, 2.45) is 11.5 Å². The quantitative estimate of drug-likeness (QED) is 0.263. The maximum absolute atomic E-state index is 11.3. The molecule has 16 heavy (non-hydrogen) atoms. The number of nitrogens with one attached hydrogen (secondary N) is 1. The van der Waals surface area contributed by atoms with Crippen molar-refractivity contribution in [2.75, 3.05) is 0 Å². The van der Waals surface area contributed by atoms with E-state index in [1.54, 1.807) is 0 Å². The molecule has 6 heteroatoms. The van der Waals surface area contributed by atoms with Crippen LogP contribution >= 0.6 is 12.6 Å². The fourth-order valence-electron chi connectivity index (χ4n) is 1.19. The number of benzene rings is 1. The summed E-state index contributed by atoms with van der Waals surface area (Å²) in [6.07, 6.45) is 0.297. The summed E-state index contributed by atoms with van der Waals surface area (Å²) < 4.78 is 4.40. The largest absolute Gasteiger partial charge is 0.392 e. The zero-order chi connectivity index (χ0) is 12.1. The summed E-state index contributed by atoms with van der Waals surface area (Å²) in [5.41, 5.74) is 11.4. The van der Waals surface area contributed by atoms with E-state index >= 15 is 0 Å². The Labute approximate surface area is 98.7 Å². The van der Waals surface area contributed by atoms with Gasteiger partial charge in [0.2, 0.25) is 0 Å². The van der Waals surface area contributed by atoms with Crippen LogP contribution in [0.2, 0.25) is 0 Å². The Kier molecular flexibility index (Phi) is 4.33. The Balaban J connectivity index is 2.64. The van der Waals surface area contributed by atoms with Crippen molar-refractivity contribution < 1.29 is 9.53 Å². The summed E-state index contributed by atoms with van der Waals surface area (Å²) >= 11 is 4.24. The highest BCUT2D eigenvalue weighted by molar-refractivity contribution is 7.80. The van der Waals surface area contributed by atoms with Gasteiger partial charge in [0.1, 0.15) is 6.04 Å². The van der Waals surface area contributed by atoms with E-state index in [2.05, 4.69) is 17.4 Å². The molecular formula is C10H13N3O2S. The summed E-state index contributed by atoms with van der Waals surface area (Å²) in [7, 11) is 0. The number of nitrogens with two attached hydrogens (primary N) is 2. The minimum atomic E-state index is -0.850. The van der Waals surface area contributed by atoms with Crippen LogP contribution in [0, 0.1) is 5.41 Å². The van der Waals surface area contributed by atoms with E-state index in [9.17, 15) is 4.79 Å². The second-order valence-corrected chi connectivity index (χ2v) is 3.71. The fraction of sp³-hybridized carbons (Fsp3) is 0.200. The van der Waals surface area contributed by atoms with Crippen LogP contribution in [-0.4, -0.2) is 18.0 Å². The molecule has 1 atom stereocenters. The number of thiol groups is 1. The summed E-state index contributed by atoms with van der Waals surface area (Å²) in [5, 5.41) is 6.80. The molecular weight excluding hydrogens is 226 g/mol. The van der Waals surface area contributed by atoms with Gasteiger partial charge in [-0.05, 0) is 18.1 Å². The summed E-state index contributed by atoms with van der Waals surface area (Å²) in [6.45, 7) is 0. The molecule has 0 fully saturated rings.